The molecule has 0 bridgehead atoms. The van der Waals surface area contributed by atoms with Gasteiger partial charge in [0.25, 0.3) is 0 Å². The van der Waals surface area contributed by atoms with Gasteiger partial charge in [0.05, 0.1) is 11.2 Å². The third-order valence-corrected chi connectivity index (χ3v) is 11.9. The van der Waals surface area contributed by atoms with Crippen LogP contribution >= 0.6 is 0 Å². The van der Waals surface area contributed by atoms with Crippen molar-refractivity contribution in [1.29, 1.82) is 0 Å². The van der Waals surface area contributed by atoms with Crippen molar-refractivity contribution in [2.75, 3.05) is 0 Å². The number of benzene rings is 8. The molecule has 59 heavy (non-hydrogen) atoms. The van der Waals surface area contributed by atoms with E-state index in [2.05, 4.69) is 147 Å². The zero-order chi connectivity index (χ0) is 39.5. The second-order valence-corrected chi connectivity index (χ2v) is 15.9. The molecule has 1 aliphatic rings. The van der Waals surface area contributed by atoms with E-state index in [1.807, 2.05) is 60.7 Å². The summed E-state index contributed by atoms with van der Waals surface area (Å²) < 4.78 is 0. The van der Waals surface area contributed by atoms with Crippen LogP contribution in [0.3, 0.4) is 0 Å². The van der Waals surface area contributed by atoms with Gasteiger partial charge in [-0.2, -0.15) is 0 Å². The minimum Gasteiger partial charge on any atom is -0.248 e. The van der Waals surface area contributed by atoms with Gasteiger partial charge in [-0.15, -0.1) is 0 Å². The molecule has 0 saturated heterocycles. The Morgan fingerprint density at radius 2 is 0.898 bits per heavy atom. The van der Waals surface area contributed by atoms with E-state index in [0.717, 1.165) is 71.9 Å². The fourth-order valence-corrected chi connectivity index (χ4v) is 8.85. The van der Waals surface area contributed by atoms with Gasteiger partial charge in [-0.05, 0) is 85.6 Å². The van der Waals surface area contributed by atoms with Crippen LogP contribution in [0.4, 0.5) is 0 Å². The molecule has 4 heteroatoms. The van der Waals surface area contributed by atoms with Crippen molar-refractivity contribution in [2.24, 2.45) is 0 Å². The highest BCUT2D eigenvalue weighted by atomic mass is 15.0. The number of nitrogens with zero attached hydrogens (tertiary/aromatic N) is 4. The normalized spacial score (nSPS) is 12.7. The first-order chi connectivity index (χ1) is 29.0. The van der Waals surface area contributed by atoms with Crippen molar-refractivity contribution >= 4 is 21.7 Å². The predicted octanol–water partition coefficient (Wildman–Crippen LogP) is 13.9. The molecule has 1 aliphatic carbocycles. The lowest BCUT2D eigenvalue weighted by atomic mass is 9.82. The zero-order valence-electron chi connectivity index (χ0n) is 32.8. The van der Waals surface area contributed by atoms with Crippen LogP contribution in [0, 0.1) is 0 Å². The van der Waals surface area contributed by atoms with Gasteiger partial charge in [0.1, 0.15) is 0 Å². The van der Waals surface area contributed by atoms with Gasteiger partial charge in [0.15, 0.2) is 17.5 Å². The van der Waals surface area contributed by atoms with Crippen molar-refractivity contribution in [3.63, 3.8) is 0 Å². The van der Waals surface area contributed by atoms with Gasteiger partial charge in [0, 0.05) is 33.1 Å². The minimum atomic E-state index is -0.113. The molecular formula is C55H38N4. The van der Waals surface area contributed by atoms with E-state index in [0.29, 0.717) is 17.5 Å². The second kappa shape index (κ2) is 13.8. The summed E-state index contributed by atoms with van der Waals surface area (Å²) in [6.45, 7) is 4.65. The van der Waals surface area contributed by atoms with E-state index in [1.165, 1.54) is 22.3 Å². The third-order valence-electron chi connectivity index (χ3n) is 11.9. The lowest BCUT2D eigenvalue weighted by Crippen LogP contribution is -2.14. The van der Waals surface area contributed by atoms with Gasteiger partial charge in [-0.25, -0.2) is 19.9 Å². The second-order valence-electron chi connectivity index (χ2n) is 15.9. The summed E-state index contributed by atoms with van der Waals surface area (Å²) in [6.07, 6.45) is 0. The first-order valence-electron chi connectivity index (χ1n) is 20.1. The standard InChI is InChI=1S/C55H38N4/c1-55(2)48-25-15-14-24-43(48)45-32-46-44(33-50(37-16-6-3-7-17-37)56-51(46)34-49(45)55)36-28-26-35(27-29-36)41-30-40-22-12-13-23-42(40)47(31-41)54-58-52(38-18-8-4-9-19-38)57-53(59-54)39-20-10-5-11-21-39/h3-34H,1-2H3. The van der Waals surface area contributed by atoms with Crippen molar-refractivity contribution in [3.8, 4) is 78.8 Å². The number of hydrogen-bond donors (Lipinski definition) is 0. The molecule has 4 nitrogen and oxygen atoms in total. The fourth-order valence-electron chi connectivity index (χ4n) is 8.85. The Morgan fingerprint density at radius 1 is 0.322 bits per heavy atom. The smallest absolute Gasteiger partial charge is 0.164 e. The van der Waals surface area contributed by atoms with Crippen molar-refractivity contribution in [2.45, 2.75) is 19.3 Å². The molecule has 278 valence electrons. The summed E-state index contributed by atoms with van der Waals surface area (Å²) in [5.41, 5.74) is 15.6. The van der Waals surface area contributed by atoms with Crippen LogP contribution in [0.25, 0.3) is 100 Å². The Morgan fingerprint density at radius 3 is 1.59 bits per heavy atom. The molecule has 0 atom stereocenters. The average Bonchev–Trinajstić information content (AvgIpc) is 3.53. The quantitative estimate of drug-likeness (QED) is 0.170. The molecule has 0 saturated carbocycles. The molecule has 0 fully saturated rings. The SMILES string of the molecule is CC1(C)c2ccccc2-c2cc3c(-c4ccc(-c5cc(-c6nc(-c7ccccc7)nc(-c7ccccc7)n6)c6ccccc6c5)cc4)cc(-c4ccccc4)nc3cc21. The summed E-state index contributed by atoms with van der Waals surface area (Å²) in [5, 5.41) is 3.36. The monoisotopic (exact) mass is 754 g/mol. The largest absolute Gasteiger partial charge is 0.248 e. The van der Waals surface area contributed by atoms with Crippen LogP contribution < -0.4 is 0 Å². The number of rotatable bonds is 6. The highest BCUT2D eigenvalue weighted by molar-refractivity contribution is 6.02. The molecule has 0 radical (unpaired) electrons. The molecule has 2 heterocycles. The molecule has 0 aliphatic heterocycles. The number of hydrogen-bond acceptors (Lipinski definition) is 4. The topological polar surface area (TPSA) is 51.6 Å². The maximum atomic E-state index is 5.30. The maximum Gasteiger partial charge on any atom is 0.164 e. The van der Waals surface area contributed by atoms with Crippen LogP contribution in [0.1, 0.15) is 25.0 Å². The summed E-state index contributed by atoms with van der Waals surface area (Å²) in [4.78, 5) is 20.5. The molecule has 10 aromatic rings. The van der Waals surface area contributed by atoms with Crippen LogP contribution in [0.5, 0.6) is 0 Å². The van der Waals surface area contributed by atoms with Crippen molar-refractivity contribution in [3.05, 3.63) is 205 Å². The fraction of sp³-hybridized carbons (Fsp3) is 0.0545. The van der Waals surface area contributed by atoms with Crippen LogP contribution in [-0.2, 0) is 5.41 Å². The van der Waals surface area contributed by atoms with Gasteiger partial charge in [0.2, 0.25) is 0 Å². The predicted molar refractivity (Wildman–Crippen MR) is 243 cm³/mol. The summed E-state index contributed by atoms with van der Waals surface area (Å²) >= 11 is 0. The van der Waals surface area contributed by atoms with Crippen LogP contribution in [0.15, 0.2) is 194 Å². The zero-order valence-corrected chi connectivity index (χ0v) is 32.8. The van der Waals surface area contributed by atoms with Gasteiger partial charge >= 0.3 is 0 Å². The van der Waals surface area contributed by atoms with E-state index in [-0.39, 0.29) is 5.41 Å². The summed E-state index contributed by atoms with van der Waals surface area (Å²) in [6, 6.07) is 68.5. The van der Waals surface area contributed by atoms with Crippen LogP contribution in [0.2, 0.25) is 0 Å². The molecule has 8 aromatic carbocycles. The summed E-state index contributed by atoms with van der Waals surface area (Å²) in [5.74, 6) is 1.93. The molecule has 0 unspecified atom stereocenters. The Labute approximate surface area is 343 Å². The number of pyridine rings is 1. The first kappa shape index (κ1) is 34.7. The third kappa shape index (κ3) is 6.00. The molecule has 0 amide bonds. The van der Waals surface area contributed by atoms with Crippen LogP contribution in [-0.4, -0.2) is 19.9 Å². The van der Waals surface area contributed by atoms with E-state index in [1.54, 1.807) is 0 Å². The molecule has 0 N–H and O–H groups in total. The lowest BCUT2D eigenvalue weighted by Gasteiger charge is -2.22. The Balaban J connectivity index is 1.06. The van der Waals surface area contributed by atoms with Gasteiger partial charge < -0.3 is 0 Å². The number of aromatic nitrogens is 4. The average molecular weight is 755 g/mol. The van der Waals surface area contributed by atoms with E-state index < -0.39 is 0 Å². The highest BCUT2D eigenvalue weighted by Crippen LogP contribution is 2.50. The Kier molecular flexibility index (Phi) is 8.12. The number of fused-ring (bicyclic) bond motifs is 5. The van der Waals surface area contributed by atoms with E-state index in [9.17, 15) is 0 Å². The Bertz CT molecular complexity index is 3150. The van der Waals surface area contributed by atoms with E-state index >= 15 is 0 Å². The van der Waals surface area contributed by atoms with Gasteiger partial charge in [-0.1, -0.05) is 178 Å². The van der Waals surface area contributed by atoms with Crippen molar-refractivity contribution < 1.29 is 0 Å². The van der Waals surface area contributed by atoms with E-state index in [4.69, 9.17) is 19.9 Å². The highest BCUT2D eigenvalue weighted by Gasteiger charge is 2.35. The molecule has 11 rings (SSSR count). The van der Waals surface area contributed by atoms with Gasteiger partial charge in [-0.3, -0.25) is 0 Å². The molecular weight excluding hydrogens is 717 g/mol. The minimum absolute atomic E-state index is 0.113. The molecule has 0 spiro atoms. The maximum absolute atomic E-state index is 5.30. The summed E-state index contributed by atoms with van der Waals surface area (Å²) in [7, 11) is 0. The van der Waals surface area contributed by atoms with Crippen molar-refractivity contribution in [1.82, 2.24) is 19.9 Å². The first-order valence-corrected chi connectivity index (χ1v) is 20.1. The lowest BCUT2D eigenvalue weighted by molar-refractivity contribution is 0.661. The molecule has 2 aromatic heterocycles. The Hall–Kier alpha value is -7.56.